The number of hydrogen-bond donors (Lipinski definition) is 1. The molecule has 0 bridgehead atoms. The van der Waals surface area contributed by atoms with Gasteiger partial charge in [-0.25, -0.2) is 9.78 Å². The standard InChI is InChI=1S/C35H52N5O8P/c1-5-8-22-46-35(43)39-20-18-38(19-21-39)34(42)30(15-12-23-49(44,47-6-2)48-7-3)37-33(41)32-25-28(40-17-16-29(26-40)45-4)24-31(36-32)27-13-10-9-11-14-27/h9-11,13-14,24-25,29-30H,5-8,12,15-23,26H2,1-4H3,(H,37,41)/t29-,30+/m0/s1. The van der Waals surface area contributed by atoms with Crippen LogP contribution in [0.4, 0.5) is 10.5 Å². The van der Waals surface area contributed by atoms with E-state index >= 15 is 0 Å². The average Bonchev–Trinajstić information content (AvgIpc) is 3.61. The Labute approximate surface area is 290 Å². The molecular formula is C35H52N5O8P. The van der Waals surface area contributed by atoms with E-state index in [9.17, 15) is 18.9 Å². The molecule has 1 aromatic carbocycles. The van der Waals surface area contributed by atoms with Gasteiger partial charge in [-0.3, -0.25) is 14.2 Å². The Hall–Kier alpha value is -3.51. The zero-order valence-electron chi connectivity index (χ0n) is 29.3. The predicted octanol–water partition coefficient (Wildman–Crippen LogP) is 5.20. The summed E-state index contributed by atoms with van der Waals surface area (Å²) in [6, 6.07) is 12.4. The van der Waals surface area contributed by atoms with E-state index in [4.69, 9.17) is 23.5 Å². The van der Waals surface area contributed by atoms with Gasteiger partial charge in [-0.1, -0.05) is 43.7 Å². The van der Waals surface area contributed by atoms with Crippen LogP contribution in [0.25, 0.3) is 11.3 Å². The van der Waals surface area contributed by atoms with Crippen molar-refractivity contribution >= 4 is 31.2 Å². The van der Waals surface area contributed by atoms with E-state index in [2.05, 4.69) is 10.2 Å². The minimum atomic E-state index is -3.35. The molecule has 2 aliphatic heterocycles. The van der Waals surface area contributed by atoms with Gasteiger partial charge in [0.25, 0.3) is 5.91 Å². The third-order valence-electron chi connectivity index (χ3n) is 8.71. The van der Waals surface area contributed by atoms with Crippen LogP contribution in [0.15, 0.2) is 42.5 Å². The van der Waals surface area contributed by atoms with Gasteiger partial charge in [0.15, 0.2) is 0 Å². The lowest BCUT2D eigenvalue weighted by Crippen LogP contribution is -2.56. The Balaban J connectivity index is 1.54. The number of hydrogen-bond acceptors (Lipinski definition) is 10. The molecule has 13 nitrogen and oxygen atoms in total. The van der Waals surface area contributed by atoms with Gasteiger partial charge < -0.3 is 38.5 Å². The Morgan fingerprint density at radius 3 is 2.29 bits per heavy atom. The highest BCUT2D eigenvalue weighted by molar-refractivity contribution is 7.53. The Bertz CT molecular complexity index is 1410. The fourth-order valence-electron chi connectivity index (χ4n) is 5.99. The molecule has 4 rings (SSSR count). The molecule has 2 aromatic rings. The molecule has 2 saturated heterocycles. The van der Waals surface area contributed by atoms with Crippen molar-refractivity contribution < 1.29 is 37.5 Å². The van der Waals surface area contributed by atoms with Crippen molar-refractivity contribution in [1.82, 2.24) is 20.1 Å². The maximum absolute atomic E-state index is 14.0. The highest BCUT2D eigenvalue weighted by atomic mass is 31.2. The number of pyridine rings is 1. The molecular weight excluding hydrogens is 649 g/mol. The van der Waals surface area contributed by atoms with E-state index in [1.165, 1.54) is 0 Å². The van der Waals surface area contributed by atoms with Gasteiger partial charge in [-0.05, 0) is 51.7 Å². The zero-order chi connectivity index (χ0) is 35.2. The van der Waals surface area contributed by atoms with Crippen molar-refractivity contribution in [3.05, 3.63) is 48.2 Å². The van der Waals surface area contributed by atoms with Crippen molar-refractivity contribution in [2.24, 2.45) is 0 Å². The second-order valence-corrected chi connectivity index (χ2v) is 14.4. The summed E-state index contributed by atoms with van der Waals surface area (Å²) in [7, 11) is -1.65. The van der Waals surface area contributed by atoms with Crippen LogP contribution < -0.4 is 10.2 Å². The van der Waals surface area contributed by atoms with Crippen LogP contribution in [-0.2, 0) is 27.9 Å². The molecule has 2 atom stereocenters. The summed E-state index contributed by atoms with van der Waals surface area (Å²) in [5, 5.41) is 2.95. The first-order valence-corrected chi connectivity index (χ1v) is 19.2. The van der Waals surface area contributed by atoms with Crippen LogP contribution in [0, 0.1) is 0 Å². The average molecular weight is 702 g/mol. The van der Waals surface area contributed by atoms with Crippen molar-refractivity contribution in [1.29, 1.82) is 0 Å². The van der Waals surface area contributed by atoms with E-state index in [1.54, 1.807) is 36.8 Å². The van der Waals surface area contributed by atoms with Crippen molar-refractivity contribution in [2.45, 2.75) is 65.0 Å². The van der Waals surface area contributed by atoms with Gasteiger partial charge >= 0.3 is 13.7 Å². The number of piperazine rings is 1. The van der Waals surface area contributed by atoms with Gasteiger partial charge in [-0.15, -0.1) is 0 Å². The van der Waals surface area contributed by atoms with E-state index in [1.807, 2.05) is 43.3 Å². The second-order valence-electron chi connectivity index (χ2n) is 12.2. The number of carbonyl (C=O) groups excluding carboxylic acids is 3. The van der Waals surface area contributed by atoms with Crippen molar-refractivity contribution in [3.63, 3.8) is 0 Å². The van der Waals surface area contributed by atoms with Gasteiger partial charge in [0.1, 0.15) is 11.7 Å². The van der Waals surface area contributed by atoms with Gasteiger partial charge in [-0.2, -0.15) is 0 Å². The minimum Gasteiger partial charge on any atom is -0.449 e. The maximum Gasteiger partial charge on any atom is 0.409 e. The number of amides is 3. The van der Waals surface area contributed by atoms with Gasteiger partial charge in [0.05, 0.1) is 37.8 Å². The minimum absolute atomic E-state index is 0.0932. The first kappa shape index (κ1) is 38.3. The molecule has 270 valence electrons. The molecule has 0 saturated carbocycles. The summed E-state index contributed by atoms with van der Waals surface area (Å²) in [6.07, 6.45) is 2.92. The Morgan fingerprint density at radius 2 is 1.65 bits per heavy atom. The smallest absolute Gasteiger partial charge is 0.409 e. The predicted molar refractivity (Wildman–Crippen MR) is 188 cm³/mol. The van der Waals surface area contributed by atoms with Crippen molar-refractivity contribution in [2.75, 3.05) is 77.3 Å². The number of carbonyl (C=O) groups is 3. The van der Waals surface area contributed by atoms with Crippen LogP contribution >= 0.6 is 7.60 Å². The lowest BCUT2D eigenvalue weighted by atomic mass is 10.1. The van der Waals surface area contributed by atoms with Gasteiger partial charge in [0.2, 0.25) is 5.91 Å². The van der Waals surface area contributed by atoms with E-state index < -0.39 is 19.5 Å². The fraction of sp³-hybridized carbons (Fsp3) is 0.600. The quantitative estimate of drug-likeness (QED) is 0.173. The Kier molecular flexibility index (Phi) is 14.9. The number of nitrogens with one attached hydrogen (secondary N) is 1. The molecule has 2 aliphatic rings. The molecule has 14 heteroatoms. The molecule has 0 aliphatic carbocycles. The number of methoxy groups -OCH3 is 1. The van der Waals surface area contributed by atoms with Crippen molar-refractivity contribution in [3.8, 4) is 11.3 Å². The number of benzene rings is 1. The molecule has 1 aromatic heterocycles. The molecule has 49 heavy (non-hydrogen) atoms. The number of rotatable bonds is 17. The van der Waals surface area contributed by atoms with Gasteiger partial charge in [0, 0.05) is 57.6 Å². The third kappa shape index (κ3) is 11.0. The summed E-state index contributed by atoms with van der Waals surface area (Å²) in [5.74, 6) is -0.771. The molecule has 0 radical (unpaired) electrons. The van der Waals surface area contributed by atoms with E-state index in [0.717, 1.165) is 37.1 Å². The van der Waals surface area contributed by atoms with E-state index in [-0.39, 0.29) is 49.6 Å². The van der Waals surface area contributed by atoms with Crippen LogP contribution in [0.2, 0.25) is 0 Å². The van der Waals surface area contributed by atoms with Crippen LogP contribution in [0.3, 0.4) is 0 Å². The topological polar surface area (TPSA) is 140 Å². The number of ether oxygens (including phenoxy) is 2. The molecule has 3 heterocycles. The number of anilines is 1. The van der Waals surface area contributed by atoms with Crippen LogP contribution in [-0.4, -0.2) is 117 Å². The highest BCUT2D eigenvalue weighted by Crippen LogP contribution is 2.48. The summed E-state index contributed by atoms with van der Waals surface area (Å²) < 4.78 is 35.0. The number of nitrogens with zero attached hydrogens (tertiary/aromatic N) is 4. The molecule has 2 fully saturated rings. The van der Waals surface area contributed by atoms with E-state index in [0.29, 0.717) is 51.4 Å². The second kappa shape index (κ2) is 19.0. The summed E-state index contributed by atoms with van der Waals surface area (Å²) in [6.45, 7) is 9.06. The normalized spacial score (nSPS) is 17.2. The summed E-state index contributed by atoms with van der Waals surface area (Å²) >= 11 is 0. The first-order valence-electron chi connectivity index (χ1n) is 17.4. The lowest BCUT2D eigenvalue weighted by Gasteiger charge is -2.36. The number of aromatic nitrogens is 1. The molecule has 0 unspecified atom stereocenters. The van der Waals surface area contributed by atoms with Crippen LogP contribution in [0.1, 0.15) is 63.4 Å². The number of unbranched alkanes of at least 4 members (excludes halogenated alkanes) is 1. The monoisotopic (exact) mass is 701 g/mol. The zero-order valence-corrected chi connectivity index (χ0v) is 30.2. The van der Waals surface area contributed by atoms with Crippen LogP contribution in [0.5, 0.6) is 0 Å². The lowest BCUT2D eigenvalue weighted by molar-refractivity contribution is -0.135. The molecule has 1 N–H and O–H groups in total. The Morgan fingerprint density at radius 1 is 0.959 bits per heavy atom. The SMILES string of the molecule is CCCCOC(=O)N1CCN(C(=O)[C@@H](CCCP(=O)(OCC)OCC)NC(=O)c2cc(N3CC[C@H](OC)C3)cc(-c3ccccc3)n2)CC1. The maximum atomic E-state index is 14.0. The third-order valence-corrected chi connectivity index (χ3v) is 10.9. The fourth-order valence-corrected chi connectivity index (χ4v) is 7.68. The summed E-state index contributed by atoms with van der Waals surface area (Å²) in [5.41, 5.74) is 2.53. The largest absolute Gasteiger partial charge is 0.449 e. The molecule has 3 amide bonds. The summed E-state index contributed by atoms with van der Waals surface area (Å²) in [4.78, 5) is 50.6. The molecule has 0 spiro atoms. The first-order chi connectivity index (χ1) is 23.7. The highest BCUT2D eigenvalue weighted by Gasteiger charge is 2.33.